The fourth-order valence-corrected chi connectivity index (χ4v) is 1.86. The summed E-state index contributed by atoms with van der Waals surface area (Å²) in [4.78, 5) is 12.0. The summed E-state index contributed by atoms with van der Waals surface area (Å²) in [5.74, 6) is -0.0543. The fourth-order valence-electron chi connectivity index (χ4n) is 1.86. The van der Waals surface area contributed by atoms with Gasteiger partial charge in [0, 0.05) is 18.3 Å². The van der Waals surface area contributed by atoms with Crippen LogP contribution in [-0.4, -0.2) is 22.2 Å². The largest absolute Gasteiger partial charge is 0.396 e. The molecule has 0 bridgehead atoms. The zero-order valence-electron chi connectivity index (χ0n) is 11.2. The molecule has 1 aromatic carbocycles. The average Bonchev–Trinajstić information content (AvgIpc) is 2.78. The lowest BCUT2D eigenvalue weighted by molar-refractivity contribution is 0.0951. The van der Waals surface area contributed by atoms with Gasteiger partial charge in [0.2, 0.25) is 0 Å². The Kier molecular flexibility index (Phi) is 3.85. The van der Waals surface area contributed by atoms with Gasteiger partial charge in [0.1, 0.15) is 0 Å². The van der Waals surface area contributed by atoms with Gasteiger partial charge in [-0.25, -0.2) is 0 Å². The van der Waals surface area contributed by atoms with Crippen molar-refractivity contribution in [2.45, 2.75) is 20.4 Å². The minimum absolute atomic E-state index is 0.0543. The maximum atomic E-state index is 12.0. The van der Waals surface area contributed by atoms with Gasteiger partial charge in [-0.05, 0) is 25.5 Å². The van der Waals surface area contributed by atoms with Crippen LogP contribution in [0.4, 0.5) is 5.69 Å². The molecule has 0 saturated carbocycles. The monoisotopic (exact) mass is 258 g/mol. The van der Waals surface area contributed by atoms with Crippen molar-refractivity contribution in [1.29, 1.82) is 0 Å². The minimum atomic E-state index is -0.0543. The Morgan fingerprint density at radius 2 is 2.21 bits per heavy atom. The van der Waals surface area contributed by atoms with Gasteiger partial charge in [0.05, 0.1) is 18.4 Å². The van der Waals surface area contributed by atoms with Crippen LogP contribution in [0.2, 0.25) is 0 Å². The molecule has 3 N–H and O–H groups in total. The molecule has 0 aliphatic carbocycles. The van der Waals surface area contributed by atoms with Crippen molar-refractivity contribution in [1.82, 2.24) is 15.1 Å². The number of nitrogens with zero attached hydrogens (tertiary/aromatic N) is 2. The molecule has 2 aromatic rings. The van der Waals surface area contributed by atoms with Crippen LogP contribution in [-0.2, 0) is 6.54 Å². The maximum Gasteiger partial charge on any atom is 0.251 e. The lowest BCUT2D eigenvalue weighted by atomic mass is 10.1. The van der Waals surface area contributed by atoms with E-state index in [1.807, 2.05) is 32.0 Å². The highest BCUT2D eigenvalue weighted by Gasteiger charge is 2.08. The number of aryl methyl sites for hydroxylation is 2. The first-order valence-electron chi connectivity index (χ1n) is 6.19. The normalized spacial score (nSPS) is 10.4. The van der Waals surface area contributed by atoms with Gasteiger partial charge in [0.15, 0.2) is 0 Å². The second kappa shape index (κ2) is 5.56. The number of carbonyl (C=O) groups excluding carboxylic acids is 1. The zero-order chi connectivity index (χ0) is 13.8. The number of carbonyl (C=O) groups is 1. The number of hydrogen-bond donors (Lipinski definition) is 2. The predicted molar refractivity (Wildman–Crippen MR) is 74.9 cm³/mol. The third-order valence-corrected chi connectivity index (χ3v) is 2.92. The van der Waals surface area contributed by atoms with Gasteiger partial charge in [-0.1, -0.05) is 17.7 Å². The molecule has 0 aliphatic heterocycles. The molecule has 19 heavy (non-hydrogen) atoms. The van der Waals surface area contributed by atoms with Crippen molar-refractivity contribution in [3.05, 3.63) is 47.3 Å². The molecule has 2 rings (SSSR count). The van der Waals surface area contributed by atoms with E-state index in [-0.39, 0.29) is 5.91 Å². The fraction of sp³-hybridized carbons (Fsp3) is 0.286. The Bertz CT molecular complexity index is 589. The first-order valence-corrected chi connectivity index (χ1v) is 6.19. The third kappa shape index (κ3) is 3.34. The number of amides is 1. The van der Waals surface area contributed by atoms with Crippen LogP contribution < -0.4 is 11.1 Å². The molecule has 0 radical (unpaired) electrons. The molecule has 0 fully saturated rings. The first-order chi connectivity index (χ1) is 9.06. The van der Waals surface area contributed by atoms with Crippen molar-refractivity contribution < 1.29 is 4.79 Å². The molecule has 1 aromatic heterocycles. The maximum absolute atomic E-state index is 12.0. The molecule has 5 nitrogen and oxygen atoms in total. The summed E-state index contributed by atoms with van der Waals surface area (Å²) in [6.45, 7) is 5.03. The minimum Gasteiger partial charge on any atom is -0.396 e. The Morgan fingerprint density at radius 3 is 2.89 bits per heavy atom. The molecule has 5 heteroatoms. The molecule has 0 aliphatic rings. The molecule has 100 valence electrons. The van der Waals surface area contributed by atoms with Crippen molar-refractivity contribution in [3.63, 3.8) is 0 Å². The Hall–Kier alpha value is -2.30. The standard InChI is InChI=1S/C14H18N4O/c1-10-3-4-11(2)13(7-10)14(19)16-5-6-18-9-12(15)8-17-18/h3-4,7-9H,5-6,15H2,1-2H3,(H,16,19). The van der Waals surface area contributed by atoms with Crippen molar-refractivity contribution in [2.24, 2.45) is 0 Å². The van der Waals surface area contributed by atoms with Gasteiger partial charge in [-0.3, -0.25) is 9.48 Å². The van der Waals surface area contributed by atoms with Crippen molar-refractivity contribution in [2.75, 3.05) is 12.3 Å². The Morgan fingerprint density at radius 1 is 1.42 bits per heavy atom. The number of rotatable bonds is 4. The molecule has 0 unspecified atom stereocenters. The first kappa shape index (κ1) is 13.1. The van der Waals surface area contributed by atoms with Crippen LogP contribution in [0.5, 0.6) is 0 Å². The van der Waals surface area contributed by atoms with E-state index in [0.717, 1.165) is 16.7 Å². The molecule has 0 spiro atoms. The summed E-state index contributed by atoms with van der Waals surface area (Å²) in [5.41, 5.74) is 8.97. The van der Waals surface area contributed by atoms with Crippen LogP contribution in [0.25, 0.3) is 0 Å². The number of hydrogen-bond acceptors (Lipinski definition) is 3. The summed E-state index contributed by atoms with van der Waals surface area (Å²) in [5, 5.41) is 6.94. The highest BCUT2D eigenvalue weighted by atomic mass is 16.1. The van der Waals surface area contributed by atoms with Gasteiger partial charge < -0.3 is 11.1 Å². The second-order valence-electron chi connectivity index (χ2n) is 4.61. The van der Waals surface area contributed by atoms with Crippen LogP contribution in [0.1, 0.15) is 21.5 Å². The molecule has 0 saturated heterocycles. The van der Waals surface area contributed by atoms with Crippen molar-refractivity contribution in [3.8, 4) is 0 Å². The lowest BCUT2D eigenvalue weighted by Crippen LogP contribution is -2.28. The van der Waals surface area contributed by atoms with E-state index in [0.29, 0.717) is 18.8 Å². The summed E-state index contributed by atoms with van der Waals surface area (Å²) < 4.78 is 1.71. The van der Waals surface area contributed by atoms with E-state index >= 15 is 0 Å². The molecular weight excluding hydrogens is 240 g/mol. The topological polar surface area (TPSA) is 72.9 Å². The van der Waals surface area contributed by atoms with Gasteiger partial charge in [-0.2, -0.15) is 5.10 Å². The number of nitrogen functional groups attached to an aromatic ring is 1. The molecule has 0 atom stereocenters. The number of benzene rings is 1. The quantitative estimate of drug-likeness (QED) is 0.873. The number of nitrogens with one attached hydrogen (secondary N) is 1. The van der Waals surface area contributed by atoms with Crippen LogP contribution in [0, 0.1) is 13.8 Å². The summed E-state index contributed by atoms with van der Waals surface area (Å²) in [6, 6.07) is 5.85. The highest BCUT2D eigenvalue weighted by molar-refractivity contribution is 5.95. The Balaban J connectivity index is 1.92. The number of aromatic nitrogens is 2. The zero-order valence-corrected chi connectivity index (χ0v) is 11.2. The van der Waals surface area contributed by atoms with Crippen LogP contribution in [0.15, 0.2) is 30.6 Å². The Labute approximate surface area is 112 Å². The van der Waals surface area contributed by atoms with E-state index in [1.54, 1.807) is 17.1 Å². The summed E-state index contributed by atoms with van der Waals surface area (Å²) in [7, 11) is 0. The van der Waals surface area contributed by atoms with Crippen molar-refractivity contribution >= 4 is 11.6 Å². The lowest BCUT2D eigenvalue weighted by Gasteiger charge is -2.08. The van der Waals surface area contributed by atoms with Gasteiger partial charge in [0.25, 0.3) is 5.91 Å². The predicted octanol–water partition coefficient (Wildman–Crippen LogP) is 1.51. The smallest absolute Gasteiger partial charge is 0.251 e. The van der Waals surface area contributed by atoms with E-state index in [4.69, 9.17) is 5.73 Å². The number of nitrogens with two attached hydrogens (primary N) is 1. The number of anilines is 1. The van der Waals surface area contributed by atoms with Gasteiger partial charge in [-0.15, -0.1) is 0 Å². The van der Waals surface area contributed by atoms with Gasteiger partial charge >= 0.3 is 0 Å². The third-order valence-electron chi connectivity index (χ3n) is 2.92. The summed E-state index contributed by atoms with van der Waals surface area (Å²) >= 11 is 0. The molecular formula is C14H18N4O. The SMILES string of the molecule is Cc1ccc(C)c(C(=O)NCCn2cc(N)cn2)c1. The molecule has 1 amide bonds. The van der Waals surface area contributed by atoms with E-state index in [1.165, 1.54) is 0 Å². The highest BCUT2D eigenvalue weighted by Crippen LogP contribution is 2.10. The summed E-state index contributed by atoms with van der Waals surface area (Å²) in [6.07, 6.45) is 3.33. The van der Waals surface area contributed by atoms with E-state index < -0.39 is 0 Å². The van der Waals surface area contributed by atoms with Crippen LogP contribution in [0.3, 0.4) is 0 Å². The van der Waals surface area contributed by atoms with E-state index in [9.17, 15) is 4.79 Å². The second-order valence-corrected chi connectivity index (χ2v) is 4.61. The van der Waals surface area contributed by atoms with Crippen LogP contribution >= 0.6 is 0 Å². The van der Waals surface area contributed by atoms with E-state index in [2.05, 4.69) is 10.4 Å². The average molecular weight is 258 g/mol. The molecule has 1 heterocycles.